The lowest BCUT2D eigenvalue weighted by Crippen LogP contribution is -2.39. The molecular formula is C16H20N4. The third-order valence-electron chi connectivity index (χ3n) is 3.75. The molecule has 104 valence electrons. The molecule has 2 aromatic heterocycles. The zero-order chi connectivity index (χ0) is 13.8. The SMILES string of the molecule is Cc1ccc(NC2CCN(c3ccccn3)CC2)cn1. The first-order valence-electron chi connectivity index (χ1n) is 7.16. The highest BCUT2D eigenvalue weighted by Crippen LogP contribution is 2.20. The van der Waals surface area contributed by atoms with Gasteiger partial charge in [-0.05, 0) is 44.0 Å². The number of pyridine rings is 2. The molecule has 0 atom stereocenters. The van der Waals surface area contributed by atoms with Crippen LogP contribution in [0.5, 0.6) is 0 Å². The minimum absolute atomic E-state index is 0.527. The van der Waals surface area contributed by atoms with Crippen molar-refractivity contribution in [1.29, 1.82) is 0 Å². The molecule has 2 aromatic rings. The zero-order valence-electron chi connectivity index (χ0n) is 11.8. The molecule has 0 aromatic carbocycles. The third kappa shape index (κ3) is 3.07. The lowest BCUT2D eigenvalue weighted by molar-refractivity contribution is 0.523. The van der Waals surface area contributed by atoms with Crippen LogP contribution in [0.4, 0.5) is 11.5 Å². The molecule has 0 radical (unpaired) electrons. The van der Waals surface area contributed by atoms with Crippen LogP contribution >= 0.6 is 0 Å². The van der Waals surface area contributed by atoms with Crippen LogP contribution in [-0.4, -0.2) is 29.1 Å². The summed E-state index contributed by atoms with van der Waals surface area (Å²) in [6, 6.07) is 10.8. The molecule has 20 heavy (non-hydrogen) atoms. The van der Waals surface area contributed by atoms with E-state index in [4.69, 9.17) is 0 Å². The van der Waals surface area contributed by atoms with Crippen LogP contribution in [0, 0.1) is 6.92 Å². The molecule has 4 heteroatoms. The molecule has 0 amide bonds. The Morgan fingerprint density at radius 3 is 2.60 bits per heavy atom. The topological polar surface area (TPSA) is 41.0 Å². The fourth-order valence-electron chi connectivity index (χ4n) is 2.58. The van der Waals surface area contributed by atoms with E-state index in [-0.39, 0.29) is 0 Å². The first kappa shape index (κ1) is 12.9. The lowest BCUT2D eigenvalue weighted by atomic mass is 10.0. The predicted octanol–water partition coefficient (Wildman–Crippen LogP) is 2.87. The molecule has 1 fully saturated rings. The van der Waals surface area contributed by atoms with E-state index in [1.54, 1.807) is 0 Å². The molecule has 0 bridgehead atoms. The number of nitrogens with zero attached hydrogens (tertiary/aromatic N) is 3. The van der Waals surface area contributed by atoms with Crippen molar-refractivity contribution in [3.63, 3.8) is 0 Å². The Labute approximate surface area is 119 Å². The van der Waals surface area contributed by atoms with Gasteiger partial charge in [-0.15, -0.1) is 0 Å². The summed E-state index contributed by atoms with van der Waals surface area (Å²) >= 11 is 0. The summed E-state index contributed by atoms with van der Waals surface area (Å²) in [5, 5.41) is 3.57. The van der Waals surface area contributed by atoms with Crippen molar-refractivity contribution < 1.29 is 0 Å². The van der Waals surface area contributed by atoms with E-state index in [0.717, 1.165) is 43.1 Å². The Bertz CT molecular complexity index is 530. The van der Waals surface area contributed by atoms with E-state index in [2.05, 4.69) is 32.3 Å². The number of rotatable bonds is 3. The fourth-order valence-corrected chi connectivity index (χ4v) is 2.58. The van der Waals surface area contributed by atoms with Gasteiger partial charge in [0.15, 0.2) is 0 Å². The van der Waals surface area contributed by atoms with Gasteiger partial charge in [-0.2, -0.15) is 0 Å². The molecule has 4 nitrogen and oxygen atoms in total. The Kier molecular flexibility index (Phi) is 3.81. The Morgan fingerprint density at radius 2 is 1.95 bits per heavy atom. The van der Waals surface area contributed by atoms with Crippen LogP contribution in [-0.2, 0) is 0 Å². The maximum Gasteiger partial charge on any atom is 0.128 e. The van der Waals surface area contributed by atoms with Crippen molar-refractivity contribution >= 4 is 11.5 Å². The number of nitrogens with one attached hydrogen (secondary N) is 1. The Balaban J connectivity index is 1.55. The van der Waals surface area contributed by atoms with E-state index in [1.807, 2.05) is 37.5 Å². The summed E-state index contributed by atoms with van der Waals surface area (Å²) in [4.78, 5) is 11.1. The minimum atomic E-state index is 0.527. The second-order valence-electron chi connectivity index (χ2n) is 5.28. The summed E-state index contributed by atoms with van der Waals surface area (Å²) in [5.74, 6) is 1.09. The normalized spacial score (nSPS) is 16.1. The molecule has 3 rings (SSSR count). The Hall–Kier alpha value is -2.10. The summed E-state index contributed by atoms with van der Waals surface area (Å²) < 4.78 is 0. The Morgan fingerprint density at radius 1 is 1.10 bits per heavy atom. The van der Waals surface area contributed by atoms with Crippen LogP contribution in [0.3, 0.4) is 0 Å². The van der Waals surface area contributed by atoms with Crippen LogP contribution in [0.1, 0.15) is 18.5 Å². The van der Waals surface area contributed by atoms with E-state index < -0.39 is 0 Å². The minimum Gasteiger partial charge on any atom is -0.381 e. The maximum absolute atomic E-state index is 4.42. The molecule has 3 heterocycles. The van der Waals surface area contributed by atoms with Gasteiger partial charge in [-0.25, -0.2) is 4.98 Å². The van der Waals surface area contributed by atoms with Crippen LogP contribution in [0.15, 0.2) is 42.7 Å². The average Bonchev–Trinajstić information content (AvgIpc) is 2.51. The van der Waals surface area contributed by atoms with E-state index >= 15 is 0 Å². The summed E-state index contributed by atoms with van der Waals surface area (Å²) in [6.45, 7) is 4.11. The monoisotopic (exact) mass is 268 g/mol. The van der Waals surface area contributed by atoms with Crippen molar-refractivity contribution in [1.82, 2.24) is 9.97 Å². The van der Waals surface area contributed by atoms with Crippen molar-refractivity contribution in [3.05, 3.63) is 48.4 Å². The average molecular weight is 268 g/mol. The van der Waals surface area contributed by atoms with Gasteiger partial charge < -0.3 is 10.2 Å². The third-order valence-corrected chi connectivity index (χ3v) is 3.75. The number of aromatic nitrogens is 2. The summed E-state index contributed by atoms with van der Waals surface area (Å²) in [6.07, 6.45) is 6.03. The molecule has 0 unspecified atom stereocenters. The fraction of sp³-hybridized carbons (Fsp3) is 0.375. The number of piperidine rings is 1. The summed E-state index contributed by atoms with van der Waals surface area (Å²) in [5.41, 5.74) is 2.17. The molecule has 0 spiro atoms. The molecule has 0 aliphatic carbocycles. The van der Waals surface area contributed by atoms with Crippen LogP contribution < -0.4 is 10.2 Å². The van der Waals surface area contributed by atoms with E-state index in [9.17, 15) is 0 Å². The van der Waals surface area contributed by atoms with Gasteiger partial charge in [-0.1, -0.05) is 6.07 Å². The number of hydrogen-bond acceptors (Lipinski definition) is 4. The van der Waals surface area contributed by atoms with Crippen molar-refractivity contribution in [2.45, 2.75) is 25.8 Å². The first-order chi connectivity index (χ1) is 9.81. The van der Waals surface area contributed by atoms with Gasteiger partial charge in [0.1, 0.15) is 5.82 Å². The van der Waals surface area contributed by atoms with Crippen molar-refractivity contribution in [2.24, 2.45) is 0 Å². The number of hydrogen-bond donors (Lipinski definition) is 1. The standard InChI is InChI=1S/C16H20N4/c1-13-5-6-15(12-18-13)19-14-7-10-20(11-8-14)16-4-2-3-9-17-16/h2-6,9,12,14,19H,7-8,10-11H2,1H3. The highest BCUT2D eigenvalue weighted by Gasteiger charge is 2.19. The van der Waals surface area contributed by atoms with E-state index in [1.165, 1.54) is 0 Å². The number of anilines is 2. The second kappa shape index (κ2) is 5.90. The molecular weight excluding hydrogens is 248 g/mol. The van der Waals surface area contributed by atoms with Gasteiger partial charge in [-0.3, -0.25) is 4.98 Å². The van der Waals surface area contributed by atoms with Gasteiger partial charge in [0.25, 0.3) is 0 Å². The molecule has 1 aliphatic rings. The van der Waals surface area contributed by atoms with E-state index in [0.29, 0.717) is 6.04 Å². The van der Waals surface area contributed by atoms with Gasteiger partial charge in [0, 0.05) is 31.0 Å². The predicted molar refractivity (Wildman–Crippen MR) is 82.1 cm³/mol. The summed E-state index contributed by atoms with van der Waals surface area (Å²) in [7, 11) is 0. The molecule has 1 saturated heterocycles. The highest BCUT2D eigenvalue weighted by molar-refractivity contribution is 5.43. The van der Waals surface area contributed by atoms with Crippen LogP contribution in [0.25, 0.3) is 0 Å². The van der Waals surface area contributed by atoms with Crippen LogP contribution in [0.2, 0.25) is 0 Å². The molecule has 1 aliphatic heterocycles. The van der Waals surface area contributed by atoms with Gasteiger partial charge in [0.2, 0.25) is 0 Å². The van der Waals surface area contributed by atoms with Gasteiger partial charge in [0.05, 0.1) is 11.9 Å². The second-order valence-corrected chi connectivity index (χ2v) is 5.28. The number of aryl methyl sites for hydroxylation is 1. The van der Waals surface area contributed by atoms with Gasteiger partial charge >= 0.3 is 0 Å². The quantitative estimate of drug-likeness (QED) is 0.929. The van der Waals surface area contributed by atoms with Crippen molar-refractivity contribution in [2.75, 3.05) is 23.3 Å². The molecule has 1 N–H and O–H groups in total. The lowest BCUT2D eigenvalue weighted by Gasteiger charge is -2.33. The largest absolute Gasteiger partial charge is 0.381 e. The van der Waals surface area contributed by atoms with Crippen molar-refractivity contribution in [3.8, 4) is 0 Å². The first-order valence-corrected chi connectivity index (χ1v) is 7.16. The smallest absolute Gasteiger partial charge is 0.128 e. The zero-order valence-corrected chi connectivity index (χ0v) is 11.8. The highest BCUT2D eigenvalue weighted by atomic mass is 15.2. The maximum atomic E-state index is 4.42. The molecule has 0 saturated carbocycles.